The number of aryl methyl sites for hydroxylation is 1. The molecule has 0 amide bonds. The molecule has 162 valence electrons. The summed E-state index contributed by atoms with van der Waals surface area (Å²) in [6.07, 6.45) is 0. The van der Waals surface area contributed by atoms with Crippen LogP contribution in [0.25, 0.3) is 5.69 Å². The van der Waals surface area contributed by atoms with Crippen molar-refractivity contribution in [2.24, 2.45) is 0 Å². The number of para-hydroxylation sites is 3. The van der Waals surface area contributed by atoms with Gasteiger partial charge in [0, 0.05) is 0 Å². The van der Waals surface area contributed by atoms with E-state index in [0.29, 0.717) is 17.1 Å². The van der Waals surface area contributed by atoms with E-state index in [1.54, 1.807) is 26.2 Å². The predicted molar refractivity (Wildman–Crippen MR) is 116 cm³/mol. The Balaban J connectivity index is 1.47. The van der Waals surface area contributed by atoms with Crippen molar-refractivity contribution in [3.8, 4) is 11.4 Å². The fourth-order valence-corrected chi connectivity index (χ4v) is 2.87. The van der Waals surface area contributed by atoms with Crippen LogP contribution >= 0.6 is 0 Å². The van der Waals surface area contributed by atoms with Crippen molar-refractivity contribution < 1.29 is 14.3 Å². The van der Waals surface area contributed by atoms with Crippen LogP contribution in [0.3, 0.4) is 0 Å². The summed E-state index contributed by atoms with van der Waals surface area (Å²) < 4.78 is 10.6. The van der Waals surface area contributed by atoms with Gasteiger partial charge in [0.15, 0.2) is 18.1 Å². The molecule has 0 aliphatic carbocycles. The summed E-state index contributed by atoms with van der Waals surface area (Å²) in [4.78, 5) is 26.3. The number of benzene rings is 2. The Bertz CT molecular complexity index is 1240. The highest BCUT2D eigenvalue weighted by atomic mass is 16.5. The summed E-state index contributed by atoms with van der Waals surface area (Å²) in [6, 6.07) is 16.5. The van der Waals surface area contributed by atoms with Crippen LogP contribution in [0.5, 0.6) is 5.75 Å². The first kappa shape index (κ1) is 20.7. The van der Waals surface area contributed by atoms with Gasteiger partial charge in [-0.05, 0) is 31.2 Å². The highest BCUT2D eigenvalue weighted by molar-refractivity contribution is 5.88. The lowest BCUT2D eigenvalue weighted by Crippen LogP contribution is -2.12. The smallest absolute Gasteiger partial charge is 0.361 e. The van der Waals surface area contributed by atoms with E-state index in [0.717, 1.165) is 5.69 Å². The minimum atomic E-state index is -0.650. The molecule has 0 aliphatic heterocycles. The van der Waals surface area contributed by atoms with Gasteiger partial charge in [0.25, 0.3) is 0 Å². The monoisotopic (exact) mass is 432 g/mol. The molecule has 2 aromatic heterocycles. The Kier molecular flexibility index (Phi) is 5.88. The number of nitrogen functional groups attached to an aromatic ring is 1. The number of anilines is 3. The third-order valence-electron chi connectivity index (χ3n) is 4.35. The molecule has 0 saturated carbocycles. The van der Waals surface area contributed by atoms with E-state index >= 15 is 0 Å². The van der Waals surface area contributed by atoms with Gasteiger partial charge in [-0.2, -0.15) is 24.8 Å². The summed E-state index contributed by atoms with van der Waals surface area (Å²) in [7, 11) is 1.56. The highest BCUT2D eigenvalue weighted by Crippen LogP contribution is 2.25. The van der Waals surface area contributed by atoms with Gasteiger partial charge in [-0.1, -0.05) is 30.3 Å². The quantitative estimate of drug-likeness (QED) is 0.418. The number of carbonyl (C=O) groups is 1. The van der Waals surface area contributed by atoms with E-state index in [-0.39, 0.29) is 30.0 Å². The molecule has 0 spiro atoms. The van der Waals surface area contributed by atoms with E-state index in [2.05, 4.69) is 30.5 Å². The number of methoxy groups -OCH3 is 1. The normalized spacial score (nSPS) is 10.6. The lowest BCUT2D eigenvalue weighted by molar-refractivity contribution is 0.0454. The van der Waals surface area contributed by atoms with Gasteiger partial charge < -0.3 is 20.5 Å². The van der Waals surface area contributed by atoms with Crippen LogP contribution in [-0.2, 0) is 11.3 Å². The van der Waals surface area contributed by atoms with Gasteiger partial charge in [-0.25, -0.2) is 4.79 Å². The Morgan fingerprint density at radius 3 is 2.56 bits per heavy atom. The molecule has 32 heavy (non-hydrogen) atoms. The number of rotatable bonds is 7. The minimum absolute atomic E-state index is 0.0188. The summed E-state index contributed by atoms with van der Waals surface area (Å²) >= 11 is 0. The van der Waals surface area contributed by atoms with Crippen LogP contribution in [0.2, 0.25) is 0 Å². The number of carbonyl (C=O) groups excluding carboxylic acids is 1. The van der Waals surface area contributed by atoms with Crippen molar-refractivity contribution in [2.45, 2.75) is 13.5 Å². The Hall–Kier alpha value is -4.54. The van der Waals surface area contributed by atoms with Gasteiger partial charge in [0.2, 0.25) is 11.9 Å². The molecule has 0 radical (unpaired) electrons. The van der Waals surface area contributed by atoms with Crippen molar-refractivity contribution >= 4 is 23.6 Å². The van der Waals surface area contributed by atoms with Crippen molar-refractivity contribution in [1.82, 2.24) is 29.9 Å². The van der Waals surface area contributed by atoms with E-state index in [4.69, 9.17) is 15.2 Å². The van der Waals surface area contributed by atoms with Crippen LogP contribution in [0.4, 0.5) is 17.6 Å². The van der Waals surface area contributed by atoms with Crippen LogP contribution in [0, 0.1) is 6.92 Å². The molecule has 11 heteroatoms. The zero-order valence-corrected chi connectivity index (χ0v) is 17.4. The molecule has 0 unspecified atom stereocenters. The molecule has 0 bridgehead atoms. The van der Waals surface area contributed by atoms with Gasteiger partial charge >= 0.3 is 5.97 Å². The lowest BCUT2D eigenvalue weighted by atomic mass is 10.3. The zero-order valence-electron chi connectivity index (χ0n) is 17.4. The summed E-state index contributed by atoms with van der Waals surface area (Å²) in [5.41, 5.74) is 7.71. The van der Waals surface area contributed by atoms with Crippen LogP contribution in [-0.4, -0.2) is 43.0 Å². The van der Waals surface area contributed by atoms with Crippen molar-refractivity contribution in [1.29, 1.82) is 0 Å². The molecule has 4 aromatic rings. The Morgan fingerprint density at radius 1 is 1.03 bits per heavy atom. The molecule has 0 atom stereocenters. The first-order chi connectivity index (χ1) is 15.5. The van der Waals surface area contributed by atoms with E-state index < -0.39 is 5.97 Å². The number of nitrogens with two attached hydrogens (primary N) is 1. The number of esters is 1. The zero-order chi connectivity index (χ0) is 22.5. The second kappa shape index (κ2) is 9.08. The van der Waals surface area contributed by atoms with Crippen LogP contribution in [0.15, 0.2) is 54.6 Å². The van der Waals surface area contributed by atoms with E-state index in [1.165, 1.54) is 4.80 Å². The first-order valence-electron chi connectivity index (χ1n) is 9.60. The maximum absolute atomic E-state index is 12.6. The largest absolute Gasteiger partial charge is 0.495 e. The molecular formula is C21H20N8O3. The molecule has 2 heterocycles. The highest BCUT2D eigenvalue weighted by Gasteiger charge is 2.19. The summed E-state index contributed by atoms with van der Waals surface area (Å²) in [6.45, 7) is 1.46. The van der Waals surface area contributed by atoms with Crippen LogP contribution < -0.4 is 15.8 Å². The number of nitrogens with zero attached hydrogens (tertiary/aromatic N) is 6. The molecule has 2 aromatic carbocycles. The van der Waals surface area contributed by atoms with Crippen LogP contribution in [0.1, 0.15) is 22.0 Å². The Labute approximate surface area is 183 Å². The fraction of sp³-hybridized carbons (Fsp3) is 0.143. The second-order valence-electron chi connectivity index (χ2n) is 6.59. The van der Waals surface area contributed by atoms with Gasteiger partial charge in [0.1, 0.15) is 5.75 Å². The molecule has 3 N–H and O–H groups in total. The van der Waals surface area contributed by atoms with Gasteiger partial charge in [0.05, 0.1) is 24.2 Å². The molecular weight excluding hydrogens is 412 g/mol. The minimum Gasteiger partial charge on any atom is -0.495 e. The SMILES string of the molecule is COc1ccccc1Nc1nc(N)nc(COC(=O)c2nn(-c3ccccc3)nc2C)n1. The van der Waals surface area contributed by atoms with Gasteiger partial charge in [-0.15, -0.1) is 5.10 Å². The second-order valence-corrected chi connectivity index (χ2v) is 6.59. The molecule has 0 saturated heterocycles. The van der Waals surface area contributed by atoms with Crippen molar-refractivity contribution in [2.75, 3.05) is 18.2 Å². The average Bonchev–Trinajstić information content (AvgIpc) is 3.20. The molecule has 4 rings (SSSR count). The summed E-state index contributed by atoms with van der Waals surface area (Å²) in [5.74, 6) is 0.310. The topological polar surface area (TPSA) is 143 Å². The molecule has 11 nitrogen and oxygen atoms in total. The first-order valence-corrected chi connectivity index (χ1v) is 9.60. The Morgan fingerprint density at radius 2 is 1.78 bits per heavy atom. The summed E-state index contributed by atoms with van der Waals surface area (Å²) in [5, 5.41) is 11.5. The third-order valence-corrected chi connectivity index (χ3v) is 4.35. The van der Waals surface area contributed by atoms with Crippen molar-refractivity contribution in [3.63, 3.8) is 0 Å². The molecule has 0 aliphatic rings. The van der Waals surface area contributed by atoms with E-state index in [1.807, 2.05) is 42.5 Å². The number of hydrogen-bond acceptors (Lipinski definition) is 10. The maximum atomic E-state index is 12.6. The number of nitrogens with one attached hydrogen (secondary N) is 1. The number of ether oxygens (including phenoxy) is 2. The van der Waals surface area contributed by atoms with Crippen molar-refractivity contribution in [3.05, 3.63) is 71.8 Å². The van der Waals surface area contributed by atoms with Gasteiger partial charge in [-0.3, -0.25) is 0 Å². The number of aromatic nitrogens is 6. The molecule has 0 fully saturated rings. The van der Waals surface area contributed by atoms with E-state index in [9.17, 15) is 4.79 Å². The average molecular weight is 432 g/mol. The standard InChI is InChI=1S/C21H20N8O3/c1-13-18(28-29(27-13)14-8-4-3-5-9-14)19(30)32-12-17-24-20(22)26-21(25-17)23-15-10-6-7-11-16(15)31-2/h3-11H,12H2,1-2H3,(H3,22,23,24,25,26). The third kappa shape index (κ3) is 4.61. The lowest BCUT2D eigenvalue weighted by Gasteiger charge is -2.10. The number of hydrogen-bond donors (Lipinski definition) is 2. The predicted octanol–water partition coefficient (Wildman–Crippen LogP) is 2.45. The maximum Gasteiger partial charge on any atom is 0.361 e. The fourth-order valence-electron chi connectivity index (χ4n) is 2.87.